The Morgan fingerprint density at radius 3 is 2.62 bits per heavy atom. The van der Waals surface area contributed by atoms with Crippen LogP contribution in [-0.4, -0.2) is 38.7 Å². The molecule has 0 bridgehead atoms. The minimum Gasteiger partial charge on any atom is -0.496 e. The normalized spacial score (nSPS) is 20.2. The molecule has 0 amide bonds. The monoisotopic (exact) mass is 354 g/mol. The lowest BCUT2D eigenvalue weighted by Gasteiger charge is -2.38. The Hall–Kier alpha value is -0.580. The van der Waals surface area contributed by atoms with Crippen LogP contribution in [0.25, 0.3) is 0 Å². The van der Waals surface area contributed by atoms with E-state index in [1.54, 1.807) is 7.11 Å². The van der Waals surface area contributed by atoms with Crippen LogP contribution in [-0.2, 0) is 0 Å². The highest BCUT2D eigenvalue weighted by Crippen LogP contribution is 2.31. The van der Waals surface area contributed by atoms with Crippen LogP contribution in [0, 0.1) is 5.41 Å². The van der Waals surface area contributed by atoms with Crippen molar-refractivity contribution in [3.63, 3.8) is 0 Å². The van der Waals surface area contributed by atoms with Crippen molar-refractivity contribution in [2.45, 2.75) is 32.7 Å². The minimum atomic E-state index is 0.351. The highest BCUT2D eigenvalue weighted by Gasteiger charge is 2.28. The Balaban J connectivity index is 1.92. The van der Waals surface area contributed by atoms with Crippen LogP contribution in [0.2, 0.25) is 0 Å². The van der Waals surface area contributed by atoms with Gasteiger partial charge in [0, 0.05) is 12.6 Å². The lowest BCUT2D eigenvalue weighted by molar-refractivity contribution is 0.134. The average Bonchev–Trinajstić information content (AvgIpc) is 2.48. The van der Waals surface area contributed by atoms with Gasteiger partial charge in [-0.3, -0.25) is 0 Å². The summed E-state index contributed by atoms with van der Waals surface area (Å²) in [5.41, 5.74) is 1.71. The number of ether oxygens (including phenoxy) is 1. The first-order valence-corrected chi connectivity index (χ1v) is 8.48. The topological polar surface area (TPSA) is 24.5 Å². The summed E-state index contributed by atoms with van der Waals surface area (Å²) in [6.07, 6.45) is 2.55. The quantitative estimate of drug-likeness (QED) is 0.869. The molecule has 0 radical (unpaired) electrons. The Morgan fingerprint density at radius 1 is 1.38 bits per heavy atom. The molecule has 1 aliphatic rings. The molecule has 0 aliphatic carbocycles. The molecule has 1 atom stereocenters. The van der Waals surface area contributed by atoms with E-state index >= 15 is 0 Å². The van der Waals surface area contributed by atoms with Gasteiger partial charge in [-0.1, -0.05) is 13.0 Å². The molecule has 21 heavy (non-hydrogen) atoms. The SMILES string of the molecule is COc1ccc(C(C)NCC2(C)CCN(C)CC2)cc1Br. The van der Waals surface area contributed by atoms with Gasteiger partial charge in [0.25, 0.3) is 0 Å². The van der Waals surface area contributed by atoms with E-state index in [-0.39, 0.29) is 0 Å². The fourth-order valence-electron chi connectivity index (χ4n) is 2.80. The van der Waals surface area contributed by atoms with E-state index in [9.17, 15) is 0 Å². The molecule has 3 nitrogen and oxygen atoms in total. The van der Waals surface area contributed by atoms with Crippen LogP contribution in [0.15, 0.2) is 22.7 Å². The van der Waals surface area contributed by atoms with Gasteiger partial charge in [-0.2, -0.15) is 0 Å². The Labute approximate surface area is 137 Å². The maximum atomic E-state index is 5.29. The molecule has 0 aromatic heterocycles. The van der Waals surface area contributed by atoms with Crippen LogP contribution in [0.4, 0.5) is 0 Å². The number of benzene rings is 1. The maximum absolute atomic E-state index is 5.29. The number of likely N-dealkylation sites (tertiary alicyclic amines) is 1. The van der Waals surface area contributed by atoms with Gasteiger partial charge in [-0.05, 0) is 78.9 Å². The van der Waals surface area contributed by atoms with Crippen molar-refractivity contribution in [2.75, 3.05) is 33.8 Å². The summed E-state index contributed by atoms with van der Waals surface area (Å²) in [5, 5.41) is 3.71. The van der Waals surface area contributed by atoms with Gasteiger partial charge >= 0.3 is 0 Å². The number of halogens is 1. The summed E-state index contributed by atoms with van der Waals surface area (Å²) >= 11 is 3.56. The van der Waals surface area contributed by atoms with Gasteiger partial charge in [-0.15, -0.1) is 0 Å². The molecule has 1 saturated heterocycles. The summed E-state index contributed by atoms with van der Waals surface area (Å²) in [6, 6.07) is 6.66. The molecule has 0 spiro atoms. The second-order valence-corrected chi connectivity index (χ2v) is 7.46. The number of piperidine rings is 1. The van der Waals surface area contributed by atoms with Crippen molar-refractivity contribution in [1.82, 2.24) is 10.2 Å². The van der Waals surface area contributed by atoms with Crippen LogP contribution in [0.1, 0.15) is 38.3 Å². The fraction of sp³-hybridized carbons (Fsp3) is 0.647. The van der Waals surface area contributed by atoms with E-state index in [1.165, 1.54) is 31.5 Å². The van der Waals surface area contributed by atoms with E-state index in [2.05, 4.69) is 59.2 Å². The van der Waals surface area contributed by atoms with Gasteiger partial charge in [0.2, 0.25) is 0 Å². The van der Waals surface area contributed by atoms with Crippen LogP contribution < -0.4 is 10.1 Å². The first-order valence-electron chi connectivity index (χ1n) is 7.69. The van der Waals surface area contributed by atoms with Crippen LogP contribution >= 0.6 is 15.9 Å². The Kier molecular flexibility index (Phi) is 5.69. The van der Waals surface area contributed by atoms with Gasteiger partial charge in [0.05, 0.1) is 11.6 Å². The van der Waals surface area contributed by atoms with Crippen LogP contribution in [0.5, 0.6) is 5.75 Å². The summed E-state index contributed by atoms with van der Waals surface area (Å²) in [7, 11) is 3.91. The summed E-state index contributed by atoms with van der Waals surface area (Å²) in [4.78, 5) is 2.42. The van der Waals surface area contributed by atoms with Gasteiger partial charge in [0.1, 0.15) is 5.75 Å². The zero-order valence-corrected chi connectivity index (χ0v) is 15.2. The van der Waals surface area contributed by atoms with Crippen molar-refractivity contribution in [3.05, 3.63) is 28.2 Å². The summed E-state index contributed by atoms with van der Waals surface area (Å²) in [5.74, 6) is 0.883. The summed E-state index contributed by atoms with van der Waals surface area (Å²) in [6.45, 7) is 8.13. The van der Waals surface area contributed by atoms with E-state index in [1.807, 2.05) is 6.07 Å². The van der Waals surface area contributed by atoms with Gasteiger partial charge < -0.3 is 15.0 Å². The van der Waals surface area contributed by atoms with Crippen LogP contribution in [0.3, 0.4) is 0 Å². The van der Waals surface area contributed by atoms with E-state index in [0.717, 1.165) is 16.8 Å². The molecule has 1 N–H and O–H groups in total. The molecule has 1 aromatic carbocycles. The van der Waals surface area contributed by atoms with Gasteiger partial charge in [0.15, 0.2) is 0 Å². The molecule has 1 fully saturated rings. The third-order valence-corrected chi connectivity index (χ3v) is 5.32. The smallest absolute Gasteiger partial charge is 0.133 e. The zero-order chi connectivity index (χ0) is 15.5. The average molecular weight is 355 g/mol. The minimum absolute atomic E-state index is 0.351. The largest absolute Gasteiger partial charge is 0.496 e. The maximum Gasteiger partial charge on any atom is 0.133 e. The molecule has 1 unspecified atom stereocenters. The molecule has 1 aliphatic heterocycles. The Bertz CT molecular complexity index is 470. The second-order valence-electron chi connectivity index (χ2n) is 6.61. The number of hydrogen-bond acceptors (Lipinski definition) is 3. The number of rotatable bonds is 5. The molecule has 2 rings (SSSR count). The van der Waals surface area contributed by atoms with Crippen molar-refractivity contribution in [2.24, 2.45) is 5.41 Å². The molecule has 118 valence electrons. The Morgan fingerprint density at radius 2 is 2.05 bits per heavy atom. The lowest BCUT2D eigenvalue weighted by atomic mass is 9.80. The second kappa shape index (κ2) is 7.12. The first kappa shape index (κ1) is 16.8. The first-order chi connectivity index (χ1) is 9.93. The summed E-state index contributed by atoms with van der Waals surface area (Å²) < 4.78 is 6.30. The molecule has 4 heteroatoms. The highest BCUT2D eigenvalue weighted by atomic mass is 79.9. The number of hydrogen-bond donors (Lipinski definition) is 1. The molecular formula is C17H27BrN2O. The molecule has 1 aromatic rings. The molecule has 1 heterocycles. The highest BCUT2D eigenvalue weighted by molar-refractivity contribution is 9.10. The predicted octanol–water partition coefficient (Wildman–Crippen LogP) is 3.84. The third-order valence-electron chi connectivity index (χ3n) is 4.71. The fourth-order valence-corrected chi connectivity index (χ4v) is 3.36. The van der Waals surface area contributed by atoms with E-state index < -0.39 is 0 Å². The third kappa shape index (κ3) is 4.44. The lowest BCUT2D eigenvalue weighted by Crippen LogP contribution is -2.42. The predicted molar refractivity (Wildman–Crippen MR) is 91.9 cm³/mol. The zero-order valence-electron chi connectivity index (χ0n) is 13.6. The van der Waals surface area contributed by atoms with E-state index in [0.29, 0.717) is 11.5 Å². The van der Waals surface area contributed by atoms with Crippen molar-refractivity contribution in [3.8, 4) is 5.75 Å². The van der Waals surface area contributed by atoms with Gasteiger partial charge in [-0.25, -0.2) is 0 Å². The molecule has 0 saturated carbocycles. The number of nitrogens with zero attached hydrogens (tertiary/aromatic N) is 1. The molecular weight excluding hydrogens is 328 g/mol. The standard InChI is InChI=1S/C17H27BrN2O/c1-13(14-5-6-16(21-4)15(18)11-14)19-12-17(2)7-9-20(3)10-8-17/h5-6,11,13,19H,7-10,12H2,1-4H3. The van der Waals surface area contributed by atoms with Crippen molar-refractivity contribution in [1.29, 1.82) is 0 Å². The number of nitrogens with one attached hydrogen (secondary N) is 1. The van der Waals surface area contributed by atoms with Crippen molar-refractivity contribution < 1.29 is 4.74 Å². The van der Waals surface area contributed by atoms with E-state index in [4.69, 9.17) is 4.74 Å². The van der Waals surface area contributed by atoms with Crippen molar-refractivity contribution >= 4 is 15.9 Å². The number of methoxy groups -OCH3 is 1.